The number of carbonyl (C=O) groups is 2. The van der Waals surface area contributed by atoms with Crippen LogP contribution < -0.4 is 0 Å². The van der Waals surface area contributed by atoms with Crippen molar-refractivity contribution in [3.05, 3.63) is 23.8 Å². The van der Waals surface area contributed by atoms with Crippen molar-refractivity contribution >= 4 is 11.9 Å². The summed E-state index contributed by atoms with van der Waals surface area (Å²) < 4.78 is 4.67. The molecule has 0 unspecified atom stereocenters. The summed E-state index contributed by atoms with van der Waals surface area (Å²) in [4.78, 5) is 20.9. The first-order valence-corrected chi connectivity index (χ1v) is 7.04. The molecule has 0 aliphatic carbocycles. The molecule has 0 aromatic carbocycles. The summed E-state index contributed by atoms with van der Waals surface area (Å²) in [5.74, 6) is -1.75. The fourth-order valence-corrected chi connectivity index (χ4v) is 1.07. The Balaban J connectivity index is 0. The fourth-order valence-electron chi connectivity index (χ4n) is 1.07. The van der Waals surface area contributed by atoms with Crippen LogP contribution in [0.5, 0.6) is 0 Å². The Morgan fingerprint density at radius 2 is 1.77 bits per heavy atom. The Labute approximate surface area is 131 Å². The van der Waals surface area contributed by atoms with Gasteiger partial charge in [-0.3, -0.25) is 0 Å². The third-order valence-corrected chi connectivity index (χ3v) is 2.37. The SMILES string of the molecule is C=C(C#N)C(=O)OCCCC.CCCCC=C(C#N)C(=O)O. The third-order valence-electron chi connectivity index (χ3n) is 2.37. The van der Waals surface area contributed by atoms with Gasteiger partial charge in [0.2, 0.25) is 0 Å². The van der Waals surface area contributed by atoms with Gasteiger partial charge < -0.3 is 9.84 Å². The normalized spacial score (nSPS) is 9.55. The Hall–Kier alpha value is -2.60. The minimum Gasteiger partial charge on any atom is -0.477 e. The van der Waals surface area contributed by atoms with Crippen molar-refractivity contribution in [2.24, 2.45) is 0 Å². The number of ether oxygens (including phenoxy) is 1. The first-order valence-electron chi connectivity index (χ1n) is 7.04. The van der Waals surface area contributed by atoms with E-state index in [9.17, 15) is 9.59 Å². The van der Waals surface area contributed by atoms with Crippen LogP contribution in [0.4, 0.5) is 0 Å². The molecule has 6 nitrogen and oxygen atoms in total. The molecule has 0 radical (unpaired) electrons. The molecule has 0 aromatic heterocycles. The highest BCUT2D eigenvalue weighted by Crippen LogP contribution is 2.00. The molecule has 0 spiro atoms. The second kappa shape index (κ2) is 14.8. The van der Waals surface area contributed by atoms with Crippen molar-refractivity contribution in [1.29, 1.82) is 10.5 Å². The number of nitrogens with zero attached hydrogens (tertiary/aromatic N) is 2. The smallest absolute Gasteiger partial charge is 0.348 e. The molecule has 22 heavy (non-hydrogen) atoms. The molecule has 0 aliphatic heterocycles. The van der Waals surface area contributed by atoms with Crippen molar-refractivity contribution in [3.63, 3.8) is 0 Å². The average Bonchev–Trinajstić information content (AvgIpc) is 2.51. The topological polar surface area (TPSA) is 111 Å². The molecule has 0 atom stereocenters. The maximum Gasteiger partial charge on any atom is 0.348 e. The van der Waals surface area contributed by atoms with Crippen molar-refractivity contribution in [1.82, 2.24) is 0 Å². The second-order valence-electron chi connectivity index (χ2n) is 4.26. The number of carboxylic acid groups (broad SMARTS) is 1. The summed E-state index contributed by atoms with van der Waals surface area (Å²) >= 11 is 0. The summed E-state index contributed by atoms with van der Waals surface area (Å²) in [5, 5.41) is 24.9. The number of carboxylic acids is 1. The van der Waals surface area contributed by atoms with Gasteiger partial charge in [-0.05, 0) is 12.8 Å². The lowest BCUT2D eigenvalue weighted by Crippen LogP contribution is -2.06. The molecule has 0 heterocycles. The molecule has 0 bridgehead atoms. The van der Waals surface area contributed by atoms with Crippen LogP contribution in [0, 0.1) is 22.7 Å². The van der Waals surface area contributed by atoms with E-state index in [1.165, 1.54) is 6.08 Å². The first kappa shape index (κ1) is 21.7. The van der Waals surface area contributed by atoms with Crippen molar-refractivity contribution in [3.8, 4) is 12.1 Å². The maximum absolute atomic E-state index is 10.7. The van der Waals surface area contributed by atoms with E-state index in [0.29, 0.717) is 13.0 Å². The van der Waals surface area contributed by atoms with E-state index in [4.69, 9.17) is 15.6 Å². The first-order chi connectivity index (χ1) is 10.4. The van der Waals surface area contributed by atoms with E-state index >= 15 is 0 Å². The van der Waals surface area contributed by atoms with E-state index < -0.39 is 11.9 Å². The summed E-state index contributed by atoms with van der Waals surface area (Å²) in [7, 11) is 0. The number of esters is 1. The molecule has 0 saturated heterocycles. The molecule has 0 fully saturated rings. The van der Waals surface area contributed by atoms with E-state index in [-0.39, 0.29) is 11.1 Å². The predicted molar refractivity (Wildman–Crippen MR) is 81.5 cm³/mol. The van der Waals surface area contributed by atoms with Crippen LogP contribution in [0.15, 0.2) is 23.8 Å². The van der Waals surface area contributed by atoms with Crippen molar-refractivity contribution in [2.75, 3.05) is 6.61 Å². The zero-order valence-electron chi connectivity index (χ0n) is 13.1. The van der Waals surface area contributed by atoms with E-state index in [1.807, 2.05) is 13.8 Å². The molecule has 0 rings (SSSR count). The van der Waals surface area contributed by atoms with E-state index in [0.717, 1.165) is 25.7 Å². The highest BCUT2D eigenvalue weighted by atomic mass is 16.5. The van der Waals surface area contributed by atoms with Gasteiger partial charge in [-0.2, -0.15) is 10.5 Å². The molecule has 1 N–H and O–H groups in total. The Bertz CT molecular complexity index is 481. The van der Waals surface area contributed by atoms with Crippen LogP contribution in [0.3, 0.4) is 0 Å². The van der Waals surface area contributed by atoms with Gasteiger partial charge >= 0.3 is 11.9 Å². The fraction of sp³-hybridized carbons (Fsp3) is 0.500. The third kappa shape index (κ3) is 12.4. The maximum atomic E-state index is 10.7. The van der Waals surface area contributed by atoms with Gasteiger partial charge in [-0.25, -0.2) is 9.59 Å². The quantitative estimate of drug-likeness (QED) is 0.319. The lowest BCUT2D eigenvalue weighted by atomic mass is 10.2. The van der Waals surface area contributed by atoms with Gasteiger partial charge in [0.25, 0.3) is 0 Å². The standard InChI is InChI=1S/2C8H11NO2/c1-3-4-5-11-8(10)7(2)6-9;1-2-3-4-5-7(6-9)8(10)11/h2-5H2,1H3;5H,2-4H2,1H3,(H,10,11). The summed E-state index contributed by atoms with van der Waals surface area (Å²) in [6.07, 6.45) is 5.86. The average molecular weight is 306 g/mol. The van der Waals surface area contributed by atoms with Crippen LogP contribution in [-0.2, 0) is 14.3 Å². The number of rotatable bonds is 8. The zero-order valence-corrected chi connectivity index (χ0v) is 13.1. The van der Waals surface area contributed by atoms with Crippen LogP contribution in [0.2, 0.25) is 0 Å². The van der Waals surface area contributed by atoms with Crippen molar-refractivity contribution in [2.45, 2.75) is 46.0 Å². The summed E-state index contributed by atoms with van der Waals surface area (Å²) in [6.45, 7) is 7.59. The Kier molecular flexibility index (Phi) is 14.6. The molecule has 120 valence electrons. The number of allylic oxidation sites excluding steroid dienone is 1. The minimum absolute atomic E-state index is 0.138. The van der Waals surface area contributed by atoms with Gasteiger partial charge in [0.05, 0.1) is 6.61 Å². The molecule has 0 amide bonds. The number of hydrogen-bond acceptors (Lipinski definition) is 5. The van der Waals surface area contributed by atoms with Gasteiger partial charge in [0, 0.05) is 0 Å². The number of unbranched alkanes of at least 4 members (excludes halogenated alkanes) is 3. The molecule has 6 heteroatoms. The molecular formula is C16H22N2O4. The lowest BCUT2D eigenvalue weighted by molar-refractivity contribution is -0.138. The van der Waals surface area contributed by atoms with Crippen molar-refractivity contribution < 1.29 is 19.4 Å². The second-order valence-corrected chi connectivity index (χ2v) is 4.26. The monoisotopic (exact) mass is 306 g/mol. The molecule has 0 aromatic rings. The van der Waals surface area contributed by atoms with E-state index in [1.54, 1.807) is 12.1 Å². The number of aliphatic carboxylic acids is 1. The van der Waals surface area contributed by atoms with Crippen LogP contribution in [-0.4, -0.2) is 23.7 Å². The Morgan fingerprint density at radius 1 is 1.18 bits per heavy atom. The van der Waals surface area contributed by atoms with Gasteiger partial charge in [-0.1, -0.05) is 45.8 Å². The minimum atomic E-state index is -1.14. The zero-order chi connectivity index (χ0) is 17.4. The molecular weight excluding hydrogens is 284 g/mol. The highest BCUT2D eigenvalue weighted by molar-refractivity contribution is 5.92. The van der Waals surface area contributed by atoms with Crippen LogP contribution in [0.25, 0.3) is 0 Å². The van der Waals surface area contributed by atoms with Gasteiger partial charge in [0.15, 0.2) is 0 Å². The lowest BCUT2D eigenvalue weighted by Gasteiger charge is -1.99. The largest absolute Gasteiger partial charge is 0.477 e. The summed E-state index contributed by atoms with van der Waals surface area (Å²) in [5.41, 5.74) is -0.292. The molecule has 0 saturated carbocycles. The van der Waals surface area contributed by atoms with E-state index in [2.05, 4.69) is 11.3 Å². The number of nitriles is 2. The highest BCUT2D eigenvalue weighted by Gasteiger charge is 2.05. The number of carbonyl (C=O) groups excluding carboxylic acids is 1. The molecule has 0 aliphatic rings. The summed E-state index contributed by atoms with van der Waals surface area (Å²) in [6, 6.07) is 3.24. The van der Waals surface area contributed by atoms with Gasteiger partial charge in [0.1, 0.15) is 23.3 Å². The predicted octanol–water partition coefficient (Wildman–Crippen LogP) is 3.12. The van der Waals surface area contributed by atoms with Crippen LogP contribution in [0.1, 0.15) is 46.0 Å². The van der Waals surface area contributed by atoms with Crippen LogP contribution >= 0.6 is 0 Å². The number of hydrogen-bond donors (Lipinski definition) is 1. The Morgan fingerprint density at radius 3 is 2.18 bits per heavy atom. The van der Waals surface area contributed by atoms with Gasteiger partial charge in [-0.15, -0.1) is 0 Å².